The maximum atomic E-state index is 12.6. The summed E-state index contributed by atoms with van der Waals surface area (Å²) in [7, 11) is 0. The van der Waals surface area contributed by atoms with E-state index in [0.717, 1.165) is 12.8 Å². The highest BCUT2D eigenvalue weighted by atomic mass is 16.5. The summed E-state index contributed by atoms with van der Waals surface area (Å²) in [5.41, 5.74) is 6.59. The minimum atomic E-state index is -0.115. The van der Waals surface area contributed by atoms with Crippen LogP contribution >= 0.6 is 0 Å². The van der Waals surface area contributed by atoms with Crippen LogP contribution in [-0.4, -0.2) is 46.1 Å². The lowest BCUT2D eigenvalue weighted by Crippen LogP contribution is -2.52. The molecule has 6 heteroatoms. The lowest BCUT2D eigenvalue weighted by Gasteiger charge is -2.40. The van der Waals surface area contributed by atoms with E-state index < -0.39 is 0 Å². The molecule has 1 aromatic heterocycles. The van der Waals surface area contributed by atoms with Crippen LogP contribution in [0.3, 0.4) is 0 Å². The van der Waals surface area contributed by atoms with Gasteiger partial charge in [-0.1, -0.05) is 12.8 Å². The SMILES string of the molecule is Cc1nc(N)ncc1C(=O)N1CCOC2(CCCC2)C1. The van der Waals surface area contributed by atoms with Gasteiger partial charge in [0.2, 0.25) is 5.95 Å². The molecular weight excluding hydrogens is 256 g/mol. The zero-order chi connectivity index (χ0) is 14.2. The number of morpholine rings is 1. The van der Waals surface area contributed by atoms with Crippen molar-refractivity contribution in [2.45, 2.75) is 38.2 Å². The first-order chi connectivity index (χ1) is 9.60. The van der Waals surface area contributed by atoms with Crippen LogP contribution in [-0.2, 0) is 4.74 Å². The van der Waals surface area contributed by atoms with E-state index in [1.807, 2.05) is 4.90 Å². The Labute approximate surface area is 118 Å². The number of nitrogens with two attached hydrogens (primary N) is 1. The summed E-state index contributed by atoms with van der Waals surface area (Å²) >= 11 is 0. The number of rotatable bonds is 1. The molecule has 1 saturated heterocycles. The van der Waals surface area contributed by atoms with Crippen LogP contribution in [0.2, 0.25) is 0 Å². The monoisotopic (exact) mass is 276 g/mol. The van der Waals surface area contributed by atoms with Gasteiger partial charge in [-0.25, -0.2) is 9.97 Å². The molecule has 0 unspecified atom stereocenters. The lowest BCUT2D eigenvalue weighted by molar-refractivity contribution is -0.0948. The fourth-order valence-corrected chi connectivity index (χ4v) is 3.21. The number of nitrogens with zero attached hydrogens (tertiary/aromatic N) is 3. The van der Waals surface area contributed by atoms with Gasteiger partial charge in [0, 0.05) is 12.7 Å². The van der Waals surface area contributed by atoms with Crippen LogP contribution in [0.4, 0.5) is 5.95 Å². The molecule has 1 aliphatic carbocycles. The highest BCUT2D eigenvalue weighted by molar-refractivity contribution is 5.95. The van der Waals surface area contributed by atoms with Crippen LogP contribution in [0.1, 0.15) is 41.7 Å². The van der Waals surface area contributed by atoms with E-state index in [2.05, 4.69) is 9.97 Å². The molecule has 3 rings (SSSR count). The molecule has 1 saturated carbocycles. The minimum Gasteiger partial charge on any atom is -0.371 e. The predicted molar refractivity (Wildman–Crippen MR) is 74.2 cm³/mol. The Morgan fingerprint density at radius 3 is 2.90 bits per heavy atom. The van der Waals surface area contributed by atoms with E-state index in [1.54, 1.807) is 6.92 Å². The highest BCUT2D eigenvalue weighted by Gasteiger charge is 2.40. The number of hydrogen-bond donors (Lipinski definition) is 1. The van der Waals surface area contributed by atoms with Crippen LogP contribution in [0.25, 0.3) is 0 Å². The third-order valence-electron chi connectivity index (χ3n) is 4.28. The predicted octanol–water partition coefficient (Wildman–Crippen LogP) is 1.15. The van der Waals surface area contributed by atoms with Crippen molar-refractivity contribution in [2.24, 2.45) is 0 Å². The van der Waals surface area contributed by atoms with Gasteiger partial charge in [-0.2, -0.15) is 0 Å². The Balaban J connectivity index is 1.79. The maximum Gasteiger partial charge on any atom is 0.257 e. The maximum absolute atomic E-state index is 12.6. The van der Waals surface area contributed by atoms with Crippen molar-refractivity contribution in [1.82, 2.24) is 14.9 Å². The number of hydrogen-bond acceptors (Lipinski definition) is 5. The van der Waals surface area contributed by atoms with Crippen LogP contribution < -0.4 is 5.73 Å². The molecule has 2 heterocycles. The van der Waals surface area contributed by atoms with E-state index >= 15 is 0 Å². The summed E-state index contributed by atoms with van der Waals surface area (Å²) in [5, 5.41) is 0. The Morgan fingerprint density at radius 1 is 1.45 bits per heavy atom. The minimum absolute atomic E-state index is 0.0166. The van der Waals surface area contributed by atoms with Gasteiger partial charge in [0.1, 0.15) is 0 Å². The molecule has 1 amide bonds. The molecule has 6 nitrogen and oxygen atoms in total. The van der Waals surface area contributed by atoms with Gasteiger partial charge >= 0.3 is 0 Å². The zero-order valence-electron chi connectivity index (χ0n) is 11.8. The Hall–Kier alpha value is -1.69. The van der Waals surface area contributed by atoms with Gasteiger partial charge in [0.05, 0.1) is 30.0 Å². The van der Waals surface area contributed by atoms with Crippen molar-refractivity contribution < 1.29 is 9.53 Å². The summed E-state index contributed by atoms with van der Waals surface area (Å²) in [6, 6.07) is 0. The quantitative estimate of drug-likeness (QED) is 0.832. The standard InChI is InChI=1S/C14H20N4O2/c1-10-11(8-16-13(15)17-10)12(19)18-6-7-20-14(9-18)4-2-3-5-14/h8H,2-7,9H2,1H3,(H2,15,16,17). The van der Waals surface area contributed by atoms with Gasteiger partial charge in [-0.05, 0) is 19.8 Å². The third kappa shape index (κ3) is 2.35. The second kappa shape index (κ2) is 5.01. The molecule has 2 N–H and O–H groups in total. The van der Waals surface area contributed by atoms with Gasteiger partial charge in [0.15, 0.2) is 0 Å². The molecule has 20 heavy (non-hydrogen) atoms. The lowest BCUT2D eigenvalue weighted by atomic mass is 9.99. The zero-order valence-corrected chi connectivity index (χ0v) is 11.8. The molecule has 0 aromatic carbocycles. The third-order valence-corrected chi connectivity index (χ3v) is 4.28. The van der Waals surface area contributed by atoms with Crippen LogP contribution in [0.15, 0.2) is 6.20 Å². The number of nitrogen functional groups attached to an aromatic ring is 1. The molecule has 2 fully saturated rings. The van der Waals surface area contributed by atoms with Gasteiger partial charge in [-0.15, -0.1) is 0 Å². The molecule has 2 aliphatic rings. The largest absolute Gasteiger partial charge is 0.371 e. The average Bonchev–Trinajstić information content (AvgIpc) is 2.86. The number of amides is 1. The van der Waals surface area contributed by atoms with E-state index in [9.17, 15) is 4.79 Å². The fourth-order valence-electron chi connectivity index (χ4n) is 3.21. The summed E-state index contributed by atoms with van der Waals surface area (Å²) < 4.78 is 5.95. The highest BCUT2D eigenvalue weighted by Crippen LogP contribution is 2.36. The molecule has 0 atom stereocenters. The molecule has 1 aliphatic heterocycles. The Morgan fingerprint density at radius 2 is 2.20 bits per heavy atom. The molecule has 108 valence electrons. The van der Waals surface area contributed by atoms with Crippen LogP contribution in [0.5, 0.6) is 0 Å². The number of carbonyl (C=O) groups is 1. The number of aryl methyl sites for hydroxylation is 1. The second-order valence-electron chi connectivity index (χ2n) is 5.69. The van der Waals surface area contributed by atoms with Crippen molar-refractivity contribution in [2.75, 3.05) is 25.4 Å². The number of ether oxygens (including phenoxy) is 1. The van der Waals surface area contributed by atoms with Gasteiger partial charge in [0.25, 0.3) is 5.91 Å². The first-order valence-electron chi connectivity index (χ1n) is 7.12. The van der Waals surface area contributed by atoms with Crippen molar-refractivity contribution >= 4 is 11.9 Å². The van der Waals surface area contributed by atoms with Crippen molar-refractivity contribution in [1.29, 1.82) is 0 Å². The smallest absolute Gasteiger partial charge is 0.257 e. The topological polar surface area (TPSA) is 81.3 Å². The summed E-state index contributed by atoms with van der Waals surface area (Å²) in [6.45, 7) is 3.71. The summed E-state index contributed by atoms with van der Waals surface area (Å²) in [4.78, 5) is 22.5. The first kappa shape index (κ1) is 13.3. The summed E-state index contributed by atoms with van der Waals surface area (Å²) in [5.74, 6) is 0.186. The second-order valence-corrected chi connectivity index (χ2v) is 5.69. The van der Waals surface area contributed by atoms with E-state index in [4.69, 9.17) is 10.5 Å². The molecule has 1 aromatic rings. The average molecular weight is 276 g/mol. The number of carbonyl (C=O) groups excluding carboxylic acids is 1. The molecule has 0 bridgehead atoms. The molecule has 0 radical (unpaired) electrons. The molecular formula is C14H20N4O2. The van der Waals surface area contributed by atoms with Gasteiger partial charge < -0.3 is 15.4 Å². The van der Waals surface area contributed by atoms with Crippen molar-refractivity contribution in [3.63, 3.8) is 0 Å². The first-order valence-corrected chi connectivity index (χ1v) is 7.12. The fraction of sp³-hybridized carbons (Fsp3) is 0.643. The normalized spacial score (nSPS) is 21.4. The Kier molecular flexibility index (Phi) is 3.33. The van der Waals surface area contributed by atoms with Crippen molar-refractivity contribution in [3.05, 3.63) is 17.5 Å². The van der Waals surface area contributed by atoms with E-state index in [0.29, 0.717) is 31.0 Å². The Bertz CT molecular complexity index is 526. The van der Waals surface area contributed by atoms with Crippen LogP contribution in [0, 0.1) is 6.92 Å². The summed E-state index contributed by atoms with van der Waals surface area (Å²) in [6.07, 6.45) is 6.00. The van der Waals surface area contributed by atoms with Gasteiger partial charge in [-0.3, -0.25) is 4.79 Å². The van der Waals surface area contributed by atoms with Crippen molar-refractivity contribution in [3.8, 4) is 0 Å². The molecule has 1 spiro atoms. The van der Waals surface area contributed by atoms with E-state index in [-0.39, 0.29) is 17.5 Å². The number of anilines is 1. The van der Waals surface area contributed by atoms with E-state index in [1.165, 1.54) is 19.0 Å². The number of aromatic nitrogens is 2.